The highest BCUT2D eigenvalue weighted by Crippen LogP contribution is 2.41. The number of fused-ring (bicyclic) bond motifs is 1. The number of rotatable bonds is 4. The van der Waals surface area contributed by atoms with E-state index in [2.05, 4.69) is 18.3 Å². The number of benzene rings is 3. The molecule has 1 amide bonds. The SMILES string of the molecule is CC(=O)N1c2ccc(-c3ccc(C(N)O)cc3)cc2C(Nc2ccc(Cl)cc2)CC1C. The molecule has 31 heavy (non-hydrogen) atoms. The lowest BCUT2D eigenvalue weighted by atomic mass is 9.88. The molecule has 3 unspecified atom stereocenters. The van der Waals surface area contributed by atoms with Crippen LogP contribution in [0.4, 0.5) is 11.4 Å². The van der Waals surface area contributed by atoms with Gasteiger partial charge < -0.3 is 21.1 Å². The number of anilines is 2. The van der Waals surface area contributed by atoms with Crippen LogP contribution < -0.4 is 16.0 Å². The average molecular weight is 436 g/mol. The van der Waals surface area contributed by atoms with E-state index in [0.717, 1.165) is 34.5 Å². The number of carbonyl (C=O) groups is 1. The molecule has 0 fully saturated rings. The van der Waals surface area contributed by atoms with E-state index in [4.69, 9.17) is 17.3 Å². The van der Waals surface area contributed by atoms with Crippen molar-refractivity contribution < 1.29 is 9.90 Å². The average Bonchev–Trinajstić information content (AvgIpc) is 2.75. The monoisotopic (exact) mass is 435 g/mol. The summed E-state index contributed by atoms with van der Waals surface area (Å²) in [4.78, 5) is 14.3. The van der Waals surface area contributed by atoms with Gasteiger partial charge in [-0.25, -0.2) is 0 Å². The predicted molar refractivity (Wildman–Crippen MR) is 126 cm³/mol. The number of hydrogen-bond donors (Lipinski definition) is 3. The number of nitrogens with two attached hydrogens (primary N) is 1. The Morgan fingerprint density at radius 2 is 1.74 bits per heavy atom. The lowest BCUT2D eigenvalue weighted by Gasteiger charge is -2.39. The van der Waals surface area contributed by atoms with Crippen LogP contribution in [-0.4, -0.2) is 17.1 Å². The molecule has 1 aliphatic rings. The first-order valence-electron chi connectivity index (χ1n) is 10.3. The third-order valence-corrected chi connectivity index (χ3v) is 6.04. The Labute approximate surface area is 187 Å². The van der Waals surface area contributed by atoms with Crippen LogP contribution in [0.15, 0.2) is 66.7 Å². The van der Waals surface area contributed by atoms with E-state index in [-0.39, 0.29) is 18.0 Å². The fraction of sp³-hybridized carbons (Fsp3) is 0.240. The van der Waals surface area contributed by atoms with E-state index < -0.39 is 6.23 Å². The summed E-state index contributed by atoms with van der Waals surface area (Å²) < 4.78 is 0. The molecular weight excluding hydrogens is 410 g/mol. The Kier molecular flexibility index (Phi) is 6.01. The van der Waals surface area contributed by atoms with E-state index in [0.29, 0.717) is 10.6 Å². The summed E-state index contributed by atoms with van der Waals surface area (Å²) in [5.74, 6) is 0.0349. The van der Waals surface area contributed by atoms with Gasteiger partial charge >= 0.3 is 0 Å². The molecule has 1 heterocycles. The molecule has 0 bridgehead atoms. The van der Waals surface area contributed by atoms with Crippen molar-refractivity contribution in [3.8, 4) is 11.1 Å². The molecule has 4 N–H and O–H groups in total. The zero-order valence-corrected chi connectivity index (χ0v) is 18.3. The Bertz CT molecular complexity index is 1080. The maximum absolute atomic E-state index is 12.4. The molecule has 6 heteroatoms. The van der Waals surface area contributed by atoms with Crippen LogP contribution in [-0.2, 0) is 4.79 Å². The van der Waals surface area contributed by atoms with Crippen molar-refractivity contribution in [2.24, 2.45) is 5.73 Å². The summed E-state index contributed by atoms with van der Waals surface area (Å²) in [6, 6.07) is 21.5. The Balaban J connectivity index is 1.74. The Morgan fingerprint density at radius 1 is 1.10 bits per heavy atom. The lowest BCUT2D eigenvalue weighted by molar-refractivity contribution is -0.117. The summed E-state index contributed by atoms with van der Waals surface area (Å²) in [6.07, 6.45) is -0.201. The summed E-state index contributed by atoms with van der Waals surface area (Å²) >= 11 is 6.04. The first kappa shape index (κ1) is 21.4. The number of nitrogens with one attached hydrogen (secondary N) is 1. The van der Waals surface area contributed by atoms with Crippen LogP contribution >= 0.6 is 11.6 Å². The topological polar surface area (TPSA) is 78.6 Å². The van der Waals surface area contributed by atoms with Crippen molar-refractivity contribution in [3.63, 3.8) is 0 Å². The summed E-state index contributed by atoms with van der Waals surface area (Å²) in [6.45, 7) is 3.68. The van der Waals surface area contributed by atoms with Gasteiger partial charge in [-0.05, 0) is 72.0 Å². The minimum atomic E-state index is -0.990. The smallest absolute Gasteiger partial charge is 0.224 e. The van der Waals surface area contributed by atoms with E-state index in [1.54, 1.807) is 6.92 Å². The molecule has 160 valence electrons. The fourth-order valence-corrected chi connectivity index (χ4v) is 4.41. The van der Waals surface area contributed by atoms with E-state index >= 15 is 0 Å². The standard InChI is InChI=1S/C25H26ClN3O2/c1-15-13-23(28-21-10-8-20(26)9-11-21)22-14-19(7-12-24(22)29(15)16(2)30)17-3-5-18(6-4-17)25(27)31/h3-12,14-15,23,25,28,31H,13,27H2,1-2H3. The first-order chi connectivity index (χ1) is 14.8. The largest absolute Gasteiger partial charge is 0.378 e. The second-order valence-corrected chi connectivity index (χ2v) is 8.45. The third kappa shape index (κ3) is 4.44. The normalized spacial score (nSPS) is 18.9. The summed E-state index contributed by atoms with van der Waals surface area (Å²) in [7, 11) is 0. The van der Waals surface area contributed by atoms with Crippen molar-refractivity contribution >= 4 is 28.9 Å². The summed E-state index contributed by atoms with van der Waals surface area (Å²) in [5, 5.41) is 13.9. The minimum Gasteiger partial charge on any atom is -0.378 e. The van der Waals surface area contributed by atoms with E-state index in [9.17, 15) is 9.90 Å². The van der Waals surface area contributed by atoms with Crippen molar-refractivity contribution in [1.82, 2.24) is 0 Å². The van der Waals surface area contributed by atoms with Crippen molar-refractivity contribution in [1.29, 1.82) is 0 Å². The van der Waals surface area contributed by atoms with Gasteiger partial charge in [0.2, 0.25) is 5.91 Å². The van der Waals surface area contributed by atoms with Gasteiger partial charge in [-0.3, -0.25) is 4.79 Å². The quantitative estimate of drug-likeness (QED) is 0.489. The van der Waals surface area contributed by atoms with Crippen LogP contribution in [0.5, 0.6) is 0 Å². The second-order valence-electron chi connectivity index (χ2n) is 8.02. The number of aliphatic hydroxyl groups excluding tert-OH is 1. The first-order valence-corrected chi connectivity index (χ1v) is 10.7. The highest BCUT2D eigenvalue weighted by atomic mass is 35.5. The molecule has 0 aliphatic carbocycles. The maximum atomic E-state index is 12.4. The van der Waals surface area contributed by atoms with Gasteiger partial charge in [-0.15, -0.1) is 0 Å². The number of halogens is 1. The molecule has 1 aliphatic heterocycles. The Morgan fingerprint density at radius 3 is 2.35 bits per heavy atom. The Hall–Kier alpha value is -2.86. The van der Waals surface area contributed by atoms with Gasteiger partial charge in [-0.2, -0.15) is 0 Å². The number of nitrogens with zero attached hydrogens (tertiary/aromatic N) is 1. The highest BCUT2D eigenvalue weighted by molar-refractivity contribution is 6.30. The molecular formula is C25H26ClN3O2. The second kappa shape index (κ2) is 8.71. The molecule has 3 atom stereocenters. The zero-order valence-electron chi connectivity index (χ0n) is 17.5. The fourth-order valence-electron chi connectivity index (χ4n) is 4.28. The number of amides is 1. The van der Waals surface area contributed by atoms with Gasteiger partial charge in [0, 0.05) is 29.4 Å². The van der Waals surface area contributed by atoms with Crippen molar-refractivity contribution in [3.05, 3.63) is 82.9 Å². The molecule has 4 rings (SSSR count). The number of hydrogen-bond acceptors (Lipinski definition) is 4. The van der Waals surface area contributed by atoms with Gasteiger partial charge in [0.1, 0.15) is 6.23 Å². The zero-order chi connectivity index (χ0) is 22.1. The molecule has 5 nitrogen and oxygen atoms in total. The molecule has 0 saturated carbocycles. The van der Waals surface area contributed by atoms with E-state index in [1.807, 2.05) is 65.6 Å². The van der Waals surface area contributed by atoms with E-state index in [1.165, 1.54) is 0 Å². The molecule has 0 saturated heterocycles. The predicted octanol–water partition coefficient (Wildman–Crippen LogP) is 5.25. The van der Waals surface area contributed by atoms with Crippen molar-refractivity contribution in [2.45, 2.75) is 38.6 Å². The van der Waals surface area contributed by atoms with Gasteiger partial charge in [0.05, 0.1) is 6.04 Å². The molecule has 3 aromatic carbocycles. The molecule has 0 radical (unpaired) electrons. The van der Waals surface area contributed by atoms with Gasteiger partial charge in [-0.1, -0.05) is 41.9 Å². The van der Waals surface area contributed by atoms with Crippen LogP contribution in [0.25, 0.3) is 11.1 Å². The third-order valence-electron chi connectivity index (χ3n) is 5.79. The van der Waals surface area contributed by atoms with Crippen LogP contribution in [0.3, 0.4) is 0 Å². The number of carbonyl (C=O) groups excluding carboxylic acids is 1. The van der Waals surface area contributed by atoms with Crippen LogP contribution in [0, 0.1) is 0 Å². The van der Waals surface area contributed by atoms with Crippen molar-refractivity contribution in [2.75, 3.05) is 10.2 Å². The van der Waals surface area contributed by atoms with Crippen LogP contribution in [0.1, 0.15) is 43.7 Å². The van der Waals surface area contributed by atoms with Crippen LogP contribution in [0.2, 0.25) is 5.02 Å². The molecule has 0 spiro atoms. The summed E-state index contributed by atoms with van der Waals surface area (Å²) in [5.41, 5.74) is 11.3. The highest BCUT2D eigenvalue weighted by Gasteiger charge is 2.32. The molecule has 3 aromatic rings. The maximum Gasteiger partial charge on any atom is 0.224 e. The van der Waals surface area contributed by atoms with Gasteiger partial charge in [0.15, 0.2) is 0 Å². The minimum absolute atomic E-state index is 0.0349. The molecule has 0 aromatic heterocycles. The number of aliphatic hydroxyl groups is 1. The van der Waals surface area contributed by atoms with Gasteiger partial charge in [0.25, 0.3) is 0 Å². The lowest BCUT2D eigenvalue weighted by Crippen LogP contribution is -2.43.